The SMILES string of the molecule is CSCC(CN)C1CCN(C(C)C)CC1. The van der Waals surface area contributed by atoms with Gasteiger partial charge >= 0.3 is 0 Å². The van der Waals surface area contributed by atoms with Gasteiger partial charge in [0.25, 0.3) is 0 Å². The zero-order valence-electron chi connectivity index (χ0n) is 10.4. The molecule has 1 fully saturated rings. The second-order valence-corrected chi connectivity index (χ2v) is 5.83. The lowest BCUT2D eigenvalue weighted by Gasteiger charge is -2.37. The van der Waals surface area contributed by atoms with E-state index < -0.39 is 0 Å². The number of piperidine rings is 1. The van der Waals surface area contributed by atoms with E-state index in [0.717, 1.165) is 18.4 Å². The second kappa shape index (κ2) is 6.77. The fourth-order valence-electron chi connectivity index (χ4n) is 2.52. The topological polar surface area (TPSA) is 29.3 Å². The number of hydrogen-bond acceptors (Lipinski definition) is 3. The van der Waals surface area contributed by atoms with Crippen molar-refractivity contribution in [1.82, 2.24) is 4.90 Å². The van der Waals surface area contributed by atoms with Gasteiger partial charge in [-0.2, -0.15) is 11.8 Å². The van der Waals surface area contributed by atoms with Crippen molar-refractivity contribution >= 4 is 11.8 Å². The van der Waals surface area contributed by atoms with E-state index >= 15 is 0 Å². The fraction of sp³-hybridized carbons (Fsp3) is 1.00. The first kappa shape index (κ1) is 13.3. The highest BCUT2D eigenvalue weighted by Crippen LogP contribution is 2.27. The molecule has 1 aliphatic rings. The molecule has 1 aliphatic heterocycles. The molecule has 1 heterocycles. The highest BCUT2D eigenvalue weighted by molar-refractivity contribution is 7.98. The van der Waals surface area contributed by atoms with E-state index in [9.17, 15) is 0 Å². The molecule has 0 aliphatic carbocycles. The Labute approximate surface area is 99.0 Å². The predicted octanol–water partition coefficient (Wildman–Crippen LogP) is 2.04. The molecule has 15 heavy (non-hydrogen) atoms. The molecular formula is C12H26N2S. The summed E-state index contributed by atoms with van der Waals surface area (Å²) in [6.07, 6.45) is 4.88. The number of rotatable bonds is 5. The number of nitrogens with zero attached hydrogens (tertiary/aromatic N) is 1. The largest absolute Gasteiger partial charge is 0.330 e. The summed E-state index contributed by atoms with van der Waals surface area (Å²) in [5, 5.41) is 0. The summed E-state index contributed by atoms with van der Waals surface area (Å²) in [5.41, 5.74) is 5.86. The zero-order chi connectivity index (χ0) is 11.3. The molecule has 0 saturated carbocycles. The van der Waals surface area contributed by atoms with Gasteiger partial charge in [-0.15, -0.1) is 0 Å². The quantitative estimate of drug-likeness (QED) is 0.784. The van der Waals surface area contributed by atoms with Gasteiger partial charge in [-0.05, 0) is 70.2 Å². The highest BCUT2D eigenvalue weighted by atomic mass is 32.2. The van der Waals surface area contributed by atoms with Gasteiger partial charge < -0.3 is 10.6 Å². The smallest absolute Gasteiger partial charge is 0.00385 e. The van der Waals surface area contributed by atoms with Gasteiger partial charge in [-0.25, -0.2) is 0 Å². The third kappa shape index (κ3) is 3.97. The molecule has 1 unspecified atom stereocenters. The summed E-state index contributed by atoms with van der Waals surface area (Å²) in [6.45, 7) is 8.00. The highest BCUT2D eigenvalue weighted by Gasteiger charge is 2.26. The predicted molar refractivity (Wildman–Crippen MR) is 70.4 cm³/mol. The van der Waals surface area contributed by atoms with Crippen molar-refractivity contribution in [3.63, 3.8) is 0 Å². The summed E-state index contributed by atoms with van der Waals surface area (Å²) >= 11 is 1.94. The molecule has 2 nitrogen and oxygen atoms in total. The lowest BCUT2D eigenvalue weighted by Crippen LogP contribution is -2.41. The molecule has 0 bridgehead atoms. The number of likely N-dealkylation sites (tertiary alicyclic amines) is 1. The second-order valence-electron chi connectivity index (χ2n) is 4.92. The Morgan fingerprint density at radius 2 is 1.93 bits per heavy atom. The molecule has 1 rings (SSSR count). The van der Waals surface area contributed by atoms with E-state index in [0.29, 0.717) is 6.04 Å². The van der Waals surface area contributed by atoms with Gasteiger partial charge in [0.15, 0.2) is 0 Å². The van der Waals surface area contributed by atoms with Crippen molar-refractivity contribution in [2.24, 2.45) is 17.6 Å². The maximum atomic E-state index is 5.86. The van der Waals surface area contributed by atoms with Crippen LogP contribution in [-0.4, -0.2) is 42.6 Å². The Hall–Kier alpha value is 0.270. The molecule has 1 saturated heterocycles. The molecule has 2 N–H and O–H groups in total. The van der Waals surface area contributed by atoms with Crippen LogP contribution in [0.1, 0.15) is 26.7 Å². The van der Waals surface area contributed by atoms with Gasteiger partial charge in [-0.1, -0.05) is 0 Å². The van der Waals surface area contributed by atoms with E-state index in [1.165, 1.54) is 31.7 Å². The van der Waals surface area contributed by atoms with Crippen LogP contribution in [0.15, 0.2) is 0 Å². The van der Waals surface area contributed by atoms with Gasteiger partial charge in [0, 0.05) is 6.04 Å². The summed E-state index contributed by atoms with van der Waals surface area (Å²) in [6, 6.07) is 0.711. The standard InChI is InChI=1S/C12H26N2S/c1-10(2)14-6-4-11(5-7-14)12(8-13)9-15-3/h10-12H,4-9,13H2,1-3H3. The molecule has 0 aromatic carbocycles. The summed E-state index contributed by atoms with van der Waals surface area (Å²) in [5.74, 6) is 2.86. The van der Waals surface area contributed by atoms with Gasteiger partial charge in [0.1, 0.15) is 0 Å². The Morgan fingerprint density at radius 3 is 2.33 bits per heavy atom. The first-order chi connectivity index (χ1) is 7.19. The average Bonchev–Trinajstić information content (AvgIpc) is 2.26. The van der Waals surface area contributed by atoms with Crippen LogP contribution >= 0.6 is 11.8 Å². The van der Waals surface area contributed by atoms with Crippen LogP contribution in [0.3, 0.4) is 0 Å². The van der Waals surface area contributed by atoms with Gasteiger partial charge in [0.2, 0.25) is 0 Å². The molecule has 0 aromatic rings. The monoisotopic (exact) mass is 230 g/mol. The number of nitrogens with two attached hydrogens (primary N) is 1. The molecule has 1 atom stereocenters. The van der Waals surface area contributed by atoms with E-state index in [1.807, 2.05) is 11.8 Å². The van der Waals surface area contributed by atoms with Crippen molar-refractivity contribution in [3.05, 3.63) is 0 Å². The molecular weight excluding hydrogens is 204 g/mol. The third-order valence-electron chi connectivity index (χ3n) is 3.65. The third-order valence-corrected chi connectivity index (χ3v) is 4.42. The maximum absolute atomic E-state index is 5.86. The Morgan fingerprint density at radius 1 is 1.33 bits per heavy atom. The van der Waals surface area contributed by atoms with E-state index in [1.54, 1.807) is 0 Å². The summed E-state index contributed by atoms with van der Waals surface area (Å²) in [4.78, 5) is 2.59. The van der Waals surface area contributed by atoms with Crippen LogP contribution in [0, 0.1) is 11.8 Å². The number of thioether (sulfide) groups is 1. The Bertz CT molecular complexity index is 165. The van der Waals surface area contributed by atoms with Gasteiger partial charge in [0.05, 0.1) is 0 Å². The van der Waals surface area contributed by atoms with Crippen LogP contribution in [0.2, 0.25) is 0 Å². The van der Waals surface area contributed by atoms with Crippen molar-refractivity contribution in [1.29, 1.82) is 0 Å². The van der Waals surface area contributed by atoms with Crippen LogP contribution < -0.4 is 5.73 Å². The molecule has 0 radical (unpaired) electrons. The lowest BCUT2D eigenvalue weighted by molar-refractivity contribution is 0.128. The van der Waals surface area contributed by atoms with Crippen molar-refractivity contribution in [2.45, 2.75) is 32.7 Å². The normalized spacial score (nSPS) is 22.2. The minimum absolute atomic E-state index is 0.711. The zero-order valence-corrected chi connectivity index (χ0v) is 11.2. The van der Waals surface area contributed by atoms with Crippen molar-refractivity contribution in [2.75, 3.05) is 31.6 Å². The van der Waals surface area contributed by atoms with Crippen LogP contribution in [-0.2, 0) is 0 Å². The first-order valence-corrected chi connectivity index (χ1v) is 7.51. The minimum Gasteiger partial charge on any atom is -0.330 e. The molecule has 0 amide bonds. The van der Waals surface area contributed by atoms with E-state index in [4.69, 9.17) is 5.73 Å². The minimum atomic E-state index is 0.711. The van der Waals surface area contributed by atoms with Crippen molar-refractivity contribution in [3.8, 4) is 0 Å². The molecule has 0 aromatic heterocycles. The first-order valence-electron chi connectivity index (χ1n) is 6.12. The molecule has 3 heteroatoms. The summed E-state index contributed by atoms with van der Waals surface area (Å²) < 4.78 is 0. The maximum Gasteiger partial charge on any atom is 0.00385 e. The van der Waals surface area contributed by atoms with Gasteiger partial charge in [-0.3, -0.25) is 0 Å². The average molecular weight is 230 g/mol. The fourth-order valence-corrected chi connectivity index (χ4v) is 3.35. The molecule has 0 spiro atoms. The van der Waals surface area contributed by atoms with Crippen LogP contribution in [0.4, 0.5) is 0 Å². The molecule has 90 valence electrons. The van der Waals surface area contributed by atoms with Crippen LogP contribution in [0.25, 0.3) is 0 Å². The van der Waals surface area contributed by atoms with Crippen molar-refractivity contribution < 1.29 is 0 Å². The Kier molecular flexibility index (Phi) is 6.02. The van der Waals surface area contributed by atoms with E-state index in [2.05, 4.69) is 25.0 Å². The van der Waals surface area contributed by atoms with Crippen LogP contribution in [0.5, 0.6) is 0 Å². The Balaban J connectivity index is 2.35. The number of hydrogen-bond donors (Lipinski definition) is 1. The van der Waals surface area contributed by atoms with E-state index in [-0.39, 0.29) is 0 Å². The summed E-state index contributed by atoms with van der Waals surface area (Å²) in [7, 11) is 0. The lowest BCUT2D eigenvalue weighted by atomic mass is 9.85.